The fourth-order valence-electron chi connectivity index (χ4n) is 2.88. The lowest BCUT2D eigenvalue weighted by molar-refractivity contribution is -0.385. The van der Waals surface area contributed by atoms with Gasteiger partial charge < -0.3 is 5.32 Å². The number of carbonyl (C=O) groups excluding carboxylic acids is 1. The molecule has 4 aromatic rings. The first kappa shape index (κ1) is 19.0. The van der Waals surface area contributed by atoms with Gasteiger partial charge in [0.2, 0.25) is 5.13 Å². The van der Waals surface area contributed by atoms with Crippen molar-refractivity contribution in [1.29, 1.82) is 0 Å². The number of nitro benzene ring substituents is 1. The van der Waals surface area contributed by atoms with E-state index in [0.717, 1.165) is 10.6 Å². The zero-order valence-electron chi connectivity index (χ0n) is 15.4. The Balaban J connectivity index is 1.65. The smallest absolute Gasteiger partial charge is 0.273 e. The predicted octanol–water partition coefficient (Wildman–Crippen LogP) is 4.83. The summed E-state index contributed by atoms with van der Waals surface area (Å²) in [6, 6.07) is 10.1. The summed E-state index contributed by atoms with van der Waals surface area (Å²) >= 11 is 3.01. The second-order valence-corrected chi connectivity index (χ2v) is 8.02. The number of anilines is 1. The molecule has 0 spiro atoms. The topological polar surface area (TPSA) is 103 Å². The third kappa shape index (κ3) is 3.67. The molecule has 0 unspecified atom stereocenters. The van der Waals surface area contributed by atoms with Gasteiger partial charge in [0.05, 0.1) is 21.2 Å². The lowest BCUT2D eigenvalue weighted by atomic mass is 10.1. The molecule has 29 heavy (non-hydrogen) atoms. The second kappa shape index (κ2) is 7.57. The van der Waals surface area contributed by atoms with Crippen LogP contribution in [-0.4, -0.2) is 25.6 Å². The number of thiophene rings is 1. The van der Waals surface area contributed by atoms with Gasteiger partial charge in [-0.15, -0.1) is 22.7 Å². The maximum atomic E-state index is 12.8. The Morgan fingerprint density at radius 3 is 2.76 bits per heavy atom. The molecule has 3 heterocycles. The van der Waals surface area contributed by atoms with Gasteiger partial charge in [-0.2, -0.15) is 9.78 Å². The van der Waals surface area contributed by atoms with Gasteiger partial charge in [-0.3, -0.25) is 14.9 Å². The number of aryl methyl sites for hydroxylation is 1. The number of carbonyl (C=O) groups is 1. The Labute approximate surface area is 173 Å². The Morgan fingerprint density at radius 1 is 1.21 bits per heavy atom. The van der Waals surface area contributed by atoms with Crippen LogP contribution in [-0.2, 0) is 0 Å². The summed E-state index contributed by atoms with van der Waals surface area (Å²) in [6.07, 6.45) is 0. The number of benzene rings is 1. The van der Waals surface area contributed by atoms with Gasteiger partial charge in [0.15, 0.2) is 0 Å². The number of hydrogen-bond donors (Lipinski definition) is 1. The van der Waals surface area contributed by atoms with Crippen molar-refractivity contribution in [2.24, 2.45) is 0 Å². The molecule has 0 aliphatic rings. The first-order chi connectivity index (χ1) is 13.9. The van der Waals surface area contributed by atoms with E-state index in [1.807, 2.05) is 29.8 Å². The highest BCUT2D eigenvalue weighted by Crippen LogP contribution is 2.29. The van der Waals surface area contributed by atoms with Crippen LogP contribution in [0.4, 0.5) is 11.5 Å². The van der Waals surface area contributed by atoms with E-state index in [4.69, 9.17) is 0 Å². The second-order valence-electron chi connectivity index (χ2n) is 6.24. The van der Waals surface area contributed by atoms with Crippen molar-refractivity contribution in [3.05, 3.63) is 74.1 Å². The molecule has 0 saturated heterocycles. The molecule has 0 fully saturated rings. The lowest BCUT2D eigenvalue weighted by Crippen LogP contribution is -2.16. The summed E-state index contributed by atoms with van der Waals surface area (Å²) in [5, 5.41) is 22.9. The minimum atomic E-state index is -0.498. The van der Waals surface area contributed by atoms with Gasteiger partial charge in [-0.05, 0) is 31.4 Å². The van der Waals surface area contributed by atoms with Gasteiger partial charge in [0, 0.05) is 28.6 Å². The molecule has 0 bridgehead atoms. The highest BCUT2D eigenvalue weighted by Gasteiger charge is 2.20. The van der Waals surface area contributed by atoms with Crippen molar-refractivity contribution >= 4 is 40.1 Å². The van der Waals surface area contributed by atoms with Crippen molar-refractivity contribution in [2.45, 2.75) is 13.8 Å². The minimum absolute atomic E-state index is 0.0946. The molecule has 3 aromatic heterocycles. The summed E-state index contributed by atoms with van der Waals surface area (Å²) in [7, 11) is 0. The first-order valence-electron chi connectivity index (χ1n) is 8.56. The van der Waals surface area contributed by atoms with E-state index in [0.29, 0.717) is 22.2 Å². The molecular weight excluding hydrogens is 410 g/mol. The minimum Gasteiger partial charge on any atom is -0.306 e. The lowest BCUT2D eigenvalue weighted by Gasteiger charge is -2.08. The maximum absolute atomic E-state index is 12.8. The molecule has 0 aliphatic heterocycles. The third-order valence-corrected chi connectivity index (χ3v) is 5.98. The van der Waals surface area contributed by atoms with E-state index >= 15 is 0 Å². The Kier molecular flexibility index (Phi) is 4.95. The summed E-state index contributed by atoms with van der Waals surface area (Å²) in [5.41, 5.74) is 2.02. The number of hydrogen-bond acceptors (Lipinski definition) is 7. The van der Waals surface area contributed by atoms with Crippen molar-refractivity contribution < 1.29 is 9.72 Å². The number of nitrogens with one attached hydrogen (secondary N) is 1. The van der Waals surface area contributed by atoms with E-state index < -0.39 is 10.8 Å². The van der Waals surface area contributed by atoms with Crippen LogP contribution in [0.3, 0.4) is 0 Å². The summed E-state index contributed by atoms with van der Waals surface area (Å²) in [4.78, 5) is 29.1. The SMILES string of the molecule is Cc1cc(NC(=O)c2cccc([N+](=O)[O-])c2C)n(-c2nc(-c3cccs3)cs2)n1. The van der Waals surface area contributed by atoms with Crippen molar-refractivity contribution in [1.82, 2.24) is 14.8 Å². The molecule has 0 aliphatic carbocycles. The van der Waals surface area contributed by atoms with Crippen LogP contribution in [0.25, 0.3) is 15.7 Å². The molecule has 1 N–H and O–H groups in total. The molecule has 0 saturated carbocycles. The number of thiazole rings is 1. The van der Waals surface area contributed by atoms with Crippen LogP contribution in [0.2, 0.25) is 0 Å². The molecule has 10 heteroatoms. The molecule has 0 radical (unpaired) electrons. The largest absolute Gasteiger partial charge is 0.306 e. The van der Waals surface area contributed by atoms with Gasteiger partial charge in [-0.25, -0.2) is 4.98 Å². The van der Waals surface area contributed by atoms with Gasteiger partial charge >= 0.3 is 0 Å². The maximum Gasteiger partial charge on any atom is 0.273 e. The molecule has 146 valence electrons. The highest BCUT2D eigenvalue weighted by atomic mass is 32.1. The van der Waals surface area contributed by atoms with Crippen LogP contribution in [0.1, 0.15) is 21.6 Å². The number of amides is 1. The first-order valence-corrected chi connectivity index (χ1v) is 10.3. The van der Waals surface area contributed by atoms with Gasteiger partial charge in [0.25, 0.3) is 11.6 Å². The monoisotopic (exact) mass is 425 g/mol. The van der Waals surface area contributed by atoms with Crippen molar-refractivity contribution in [2.75, 3.05) is 5.32 Å². The zero-order chi connectivity index (χ0) is 20.5. The Bertz CT molecular complexity index is 1210. The number of aromatic nitrogens is 3. The number of rotatable bonds is 5. The van der Waals surface area contributed by atoms with Gasteiger partial charge in [0.1, 0.15) is 5.82 Å². The van der Waals surface area contributed by atoms with Crippen molar-refractivity contribution in [3.8, 4) is 15.7 Å². The average molecular weight is 425 g/mol. The highest BCUT2D eigenvalue weighted by molar-refractivity contribution is 7.15. The molecule has 0 atom stereocenters. The number of nitrogens with zero attached hydrogens (tertiary/aromatic N) is 4. The molecule has 4 rings (SSSR count). The average Bonchev–Trinajstić information content (AvgIpc) is 3.41. The van der Waals surface area contributed by atoms with Crippen molar-refractivity contribution in [3.63, 3.8) is 0 Å². The van der Waals surface area contributed by atoms with E-state index in [2.05, 4.69) is 15.4 Å². The summed E-state index contributed by atoms with van der Waals surface area (Å²) < 4.78 is 1.57. The zero-order valence-corrected chi connectivity index (χ0v) is 17.1. The Hall–Kier alpha value is -3.37. The molecular formula is C19H15N5O3S2. The van der Waals surface area contributed by atoms with Crippen LogP contribution in [0, 0.1) is 24.0 Å². The third-order valence-electron chi connectivity index (χ3n) is 4.27. The summed E-state index contributed by atoms with van der Waals surface area (Å²) in [5.74, 6) is 0.00729. The summed E-state index contributed by atoms with van der Waals surface area (Å²) in [6.45, 7) is 3.38. The van der Waals surface area contributed by atoms with E-state index in [-0.39, 0.29) is 11.3 Å². The van der Waals surface area contributed by atoms with Crippen LogP contribution < -0.4 is 5.32 Å². The standard InChI is InChI=1S/C19H15N5O3S2/c1-11-9-17(21-18(25)13-5-3-6-15(12(13)2)24(26)27)23(22-11)19-20-14(10-29-19)16-7-4-8-28-16/h3-10H,1-2H3,(H,21,25). The van der Waals surface area contributed by atoms with E-state index in [1.54, 1.807) is 35.1 Å². The predicted molar refractivity (Wildman–Crippen MR) is 113 cm³/mol. The quantitative estimate of drug-likeness (QED) is 0.364. The molecule has 8 nitrogen and oxygen atoms in total. The van der Waals surface area contributed by atoms with E-state index in [9.17, 15) is 14.9 Å². The van der Waals surface area contributed by atoms with Crippen LogP contribution in [0.15, 0.2) is 47.2 Å². The number of nitro groups is 1. The van der Waals surface area contributed by atoms with Gasteiger partial charge in [-0.1, -0.05) is 12.1 Å². The molecule has 1 aromatic carbocycles. The van der Waals surface area contributed by atoms with Crippen LogP contribution >= 0.6 is 22.7 Å². The Morgan fingerprint density at radius 2 is 2.03 bits per heavy atom. The van der Waals surface area contributed by atoms with Crippen LogP contribution in [0.5, 0.6) is 0 Å². The fourth-order valence-corrected chi connectivity index (χ4v) is 4.43. The fraction of sp³-hybridized carbons (Fsp3) is 0.105. The van der Waals surface area contributed by atoms with E-state index in [1.165, 1.54) is 23.5 Å². The normalized spacial score (nSPS) is 10.8. The molecule has 1 amide bonds.